The second-order valence-electron chi connectivity index (χ2n) is 9.69. The summed E-state index contributed by atoms with van der Waals surface area (Å²) in [5.41, 5.74) is 0.947. The molecule has 1 amide bonds. The molecule has 2 aliphatic rings. The summed E-state index contributed by atoms with van der Waals surface area (Å²) in [6.45, 7) is 15.9. The minimum atomic E-state index is -0.484. The summed E-state index contributed by atoms with van der Waals surface area (Å²) in [6, 6.07) is 8.33. The van der Waals surface area contributed by atoms with E-state index >= 15 is 0 Å². The van der Waals surface area contributed by atoms with E-state index in [0.29, 0.717) is 13.1 Å². The lowest BCUT2D eigenvalue weighted by molar-refractivity contribution is 0.00578. The fourth-order valence-corrected chi connectivity index (χ4v) is 3.33. The van der Waals surface area contributed by atoms with E-state index in [0.717, 1.165) is 17.6 Å². The second-order valence-corrected chi connectivity index (χ2v) is 9.69. The van der Waals surface area contributed by atoms with Crippen LogP contribution in [0.3, 0.4) is 0 Å². The topological polar surface area (TPSA) is 60.0 Å². The Labute approximate surface area is 169 Å². The smallest absolute Gasteiger partial charge is 0.444 e. The summed E-state index contributed by atoms with van der Waals surface area (Å²) in [5, 5.41) is 3.49. The quantitative estimate of drug-likeness (QED) is 0.790. The molecule has 2 saturated heterocycles. The van der Waals surface area contributed by atoms with Crippen LogP contribution in [0.1, 0.15) is 60.1 Å². The van der Waals surface area contributed by atoms with Crippen LogP contribution < -0.4 is 10.8 Å². The van der Waals surface area contributed by atoms with Crippen molar-refractivity contribution in [3.8, 4) is 0 Å². The first-order chi connectivity index (χ1) is 12.9. The van der Waals surface area contributed by atoms with E-state index in [2.05, 4.69) is 45.1 Å². The largest absolute Gasteiger partial charge is 0.494 e. The van der Waals surface area contributed by atoms with Gasteiger partial charge in [0.2, 0.25) is 0 Å². The number of piperazine rings is 1. The summed E-state index contributed by atoms with van der Waals surface area (Å²) >= 11 is 0. The van der Waals surface area contributed by atoms with E-state index in [-0.39, 0.29) is 30.5 Å². The third kappa shape index (κ3) is 4.53. The third-order valence-electron chi connectivity index (χ3n) is 5.69. The first-order valence-corrected chi connectivity index (χ1v) is 10.0. The highest BCUT2D eigenvalue weighted by Crippen LogP contribution is 2.36. The van der Waals surface area contributed by atoms with Crippen LogP contribution in [0.15, 0.2) is 24.3 Å². The Morgan fingerprint density at radius 3 is 2.25 bits per heavy atom. The van der Waals surface area contributed by atoms with Crippen molar-refractivity contribution < 1.29 is 18.8 Å². The zero-order chi connectivity index (χ0) is 20.7. The highest BCUT2D eigenvalue weighted by atomic mass is 16.7. The molecule has 0 bridgehead atoms. The van der Waals surface area contributed by atoms with Crippen LogP contribution in [0, 0.1) is 0 Å². The molecule has 0 aliphatic carbocycles. The minimum Gasteiger partial charge on any atom is -0.444 e. The molecular weight excluding hydrogens is 355 g/mol. The molecule has 0 radical (unpaired) electrons. The Kier molecular flexibility index (Phi) is 5.56. The van der Waals surface area contributed by atoms with Gasteiger partial charge in [-0.3, -0.25) is 0 Å². The normalized spacial score (nSPS) is 24.3. The molecule has 1 N–H and O–H groups in total. The average Bonchev–Trinajstić information content (AvgIpc) is 2.81. The predicted molar refractivity (Wildman–Crippen MR) is 111 cm³/mol. The lowest BCUT2D eigenvalue weighted by Gasteiger charge is -2.35. The fraction of sp³-hybridized carbons (Fsp3) is 0.667. The molecule has 154 valence electrons. The number of hydrogen-bond acceptors (Lipinski definition) is 5. The molecule has 1 unspecified atom stereocenters. The summed E-state index contributed by atoms with van der Waals surface area (Å²) in [7, 11) is -0.364. The van der Waals surface area contributed by atoms with Gasteiger partial charge in [0, 0.05) is 19.6 Å². The van der Waals surface area contributed by atoms with Gasteiger partial charge in [-0.2, -0.15) is 0 Å². The first-order valence-electron chi connectivity index (χ1n) is 10.0. The molecule has 28 heavy (non-hydrogen) atoms. The number of carbonyl (C=O) groups excluding carboxylic acids is 1. The Morgan fingerprint density at radius 2 is 1.71 bits per heavy atom. The van der Waals surface area contributed by atoms with Gasteiger partial charge in [0.05, 0.1) is 17.2 Å². The van der Waals surface area contributed by atoms with E-state index in [1.807, 2.05) is 32.9 Å². The number of rotatable bonds is 2. The number of hydrogen-bond donors (Lipinski definition) is 1. The minimum absolute atomic E-state index is 0.0774. The highest BCUT2D eigenvalue weighted by molar-refractivity contribution is 6.62. The maximum atomic E-state index is 12.4. The number of ether oxygens (including phenoxy) is 1. The van der Waals surface area contributed by atoms with Gasteiger partial charge in [0.1, 0.15) is 5.60 Å². The molecule has 3 rings (SSSR count). The van der Waals surface area contributed by atoms with Crippen molar-refractivity contribution in [1.29, 1.82) is 0 Å². The molecule has 6 nitrogen and oxygen atoms in total. The number of benzene rings is 1. The number of carbonyl (C=O) groups is 1. The van der Waals surface area contributed by atoms with Gasteiger partial charge in [0.15, 0.2) is 0 Å². The Hall–Kier alpha value is -1.57. The predicted octanol–water partition coefficient (Wildman–Crippen LogP) is 2.87. The van der Waals surface area contributed by atoms with Gasteiger partial charge in [-0.05, 0) is 59.5 Å². The molecular formula is C21H33BN2O4. The molecule has 7 heteroatoms. The van der Waals surface area contributed by atoms with Crippen LogP contribution in [0.25, 0.3) is 0 Å². The Morgan fingerprint density at radius 1 is 1.14 bits per heavy atom. The maximum absolute atomic E-state index is 12.4. The maximum Gasteiger partial charge on any atom is 0.494 e. The van der Waals surface area contributed by atoms with Gasteiger partial charge >= 0.3 is 13.2 Å². The lowest BCUT2D eigenvalue weighted by atomic mass is 9.78. The highest BCUT2D eigenvalue weighted by Gasteiger charge is 2.51. The second kappa shape index (κ2) is 7.36. The molecule has 0 aromatic heterocycles. The molecule has 1 aromatic rings. The molecule has 0 saturated carbocycles. The van der Waals surface area contributed by atoms with Gasteiger partial charge in [-0.25, -0.2) is 4.79 Å². The van der Waals surface area contributed by atoms with Gasteiger partial charge < -0.3 is 24.3 Å². The van der Waals surface area contributed by atoms with Gasteiger partial charge in [-0.15, -0.1) is 0 Å². The van der Waals surface area contributed by atoms with Crippen molar-refractivity contribution in [2.75, 3.05) is 19.6 Å². The van der Waals surface area contributed by atoms with Crippen LogP contribution in [0.4, 0.5) is 4.79 Å². The molecule has 1 aromatic carbocycles. The fourth-order valence-electron chi connectivity index (χ4n) is 3.33. The van der Waals surface area contributed by atoms with Crippen molar-refractivity contribution in [1.82, 2.24) is 10.2 Å². The van der Waals surface area contributed by atoms with E-state index < -0.39 is 5.60 Å². The number of nitrogens with zero attached hydrogens (tertiary/aromatic N) is 1. The third-order valence-corrected chi connectivity index (χ3v) is 5.69. The first kappa shape index (κ1) is 21.2. The van der Waals surface area contributed by atoms with Crippen molar-refractivity contribution in [2.24, 2.45) is 0 Å². The zero-order valence-electron chi connectivity index (χ0n) is 18.2. The molecule has 0 spiro atoms. The van der Waals surface area contributed by atoms with Crippen LogP contribution in [-0.4, -0.2) is 54.5 Å². The van der Waals surface area contributed by atoms with Crippen LogP contribution in [-0.2, 0) is 14.0 Å². The summed E-state index contributed by atoms with van der Waals surface area (Å²) in [5.74, 6) is 0. The van der Waals surface area contributed by atoms with E-state index in [4.69, 9.17) is 14.0 Å². The Balaban J connectivity index is 1.66. The molecule has 2 heterocycles. The zero-order valence-corrected chi connectivity index (χ0v) is 18.2. The van der Waals surface area contributed by atoms with E-state index in [1.165, 1.54) is 0 Å². The molecule has 2 fully saturated rings. The monoisotopic (exact) mass is 388 g/mol. The molecule has 2 aliphatic heterocycles. The molecule has 1 atom stereocenters. The van der Waals surface area contributed by atoms with E-state index in [9.17, 15) is 4.79 Å². The van der Waals surface area contributed by atoms with Crippen molar-refractivity contribution >= 4 is 18.7 Å². The van der Waals surface area contributed by atoms with E-state index in [1.54, 1.807) is 4.90 Å². The Bertz CT molecular complexity index is 696. The summed E-state index contributed by atoms with van der Waals surface area (Å²) in [6.07, 6.45) is -0.257. The van der Waals surface area contributed by atoms with Crippen molar-refractivity contribution in [3.63, 3.8) is 0 Å². The number of amides is 1. The summed E-state index contributed by atoms with van der Waals surface area (Å²) in [4.78, 5) is 14.2. The van der Waals surface area contributed by atoms with Crippen molar-refractivity contribution in [2.45, 2.75) is 71.3 Å². The lowest BCUT2D eigenvalue weighted by Crippen LogP contribution is -2.49. The van der Waals surface area contributed by atoms with Crippen LogP contribution in [0.5, 0.6) is 0 Å². The average molecular weight is 388 g/mol. The van der Waals surface area contributed by atoms with Gasteiger partial charge in [0.25, 0.3) is 0 Å². The standard InChI is InChI=1S/C21H33BN2O4/c1-19(2,3)26-18(25)24-13-12-23-17(14-24)15-8-10-16(11-9-15)22-27-20(4,5)21(6,7)28-22/h8-11,17,23H,12-14H2,1-7H3. The van der Waals surface area contributed by atoms with Crippen LogP contribution >= 0.6 is 0 Å². The van der Waals surface area contributed by atoms with Gasteiger partial charge in [-0.1, -0.05) is 24.3 Å². The SMILES string of the molecule is CC(C)(C)OC(=O)N1CCNC(c2ccc(B3OC(C)(C)C(C)(C)O3)cc2)C1. The van der Waals surface area contributed by atoms with Crippen molar-refractivity contribution in [3.05, 3.63) is 29.8 Å². The number of nitrogens with one attached hydrogen (secondary N) is 1. The summed E-state index contributed by atoms with van der Waals surface area (Å²) < 4.78 is 17.8. The van der Waals surface area contributed by atoms with Crippen LogP contribution in [0.2, 0.25) is 0 Å².